The van der Waals surface area contributed by atoms with Crippen LogP contribution in [-0.2, 0) is 9.47 Å². The second-order valence-electron chi connectivity index (χ2n) is 11.7. The van der Waals surface area contributed by atoms with Gasteiger partial charge in [-0.1, -0.05) is 0 Å². The third-order valence-electron chi connectivity index (χ3n) is 5.88. The maximum absolute atomic E-state index is 15.5. The molecule has 1 aromatic rings. The van der Waals surface area contributed by atoms with E-state index in [1.54, 1.807) is 48.5 Å². The molecule has 11 heteroatoms. The number of ether oxygens (including phenoxy) is 2. The first-order valence-electron chi connectivity index (χ1n) is 12.7. The van der Waals surface area contributed by atoms with E-state index in [9.17, 15) is 14.4 Å². The number of nitrogens with one attached hydrogen (secondary N) is 4. The second-order valence-corrected chi connectivity index (χ2v) is 11.7. The van der Waals surface area contributed by atoms with E-state index >= 15 is 4.39 Å². The van der Waals surface area contributed by atoms with Crippen LogP contribution in [0.25, 0.3) is 0 Å². The van der Waals surface area contributed by atoms with Gasteiger partial charge in [-0.15, -0.1) is 0 Å². The van der Waals surface area contributed by atoms with Crippen LogP contribution >= 0.6 is 0 Å². The van der Waals surface area contributed by atoms with Crippen LogP contribution < -0.4 is 26.4 Å². The molecule has 3 amide bonds. The van der Waals surface area contributed by atoms with Crippen molar-refractivity contribution < 1.29 is 28.2 Å². The molecule has 2 aliphatic rings. The molecule has 4 N–H and O–H groups in total. The average molecular weight is 522 g/mol. The van der Waals surface area contributed by atoms with E-state index in [4.69, 9.17) is 9.47 Å². The molecule has 1 heterocycles. The smallest absolute Gasteiger partial charge is 0.426 e. The molecular weight excluding hydrogens is 481 g/mol. The van der Waals surface area contributed by atoms with Crippen LogP contribution in [0.4, 0.5) is 25.4 Å². The van der Waals surface area contributed by atoms with Crippen LogP contribution in [0.3, 0.4) is 0 Å². The summed E-state index contributed by atoms with van der Waals surface area (Å²) in [6, 6.07) is 1.41. The Bertz CT molecular complexity index is 1030. The Labute approximate surface area is 218 Å². The van der Waals surface area contributed by atoms with Gasteiger partial charge in [-0.05, 0) is 85.3 Å². The summed E-state index contributed by atoms with van der Waals surface area (Å²) in [4.78, 5) is 38.8. The van der Waals surface area contributed by atoms with Gasteiger partial charge in [0.05, 0.1) is 16.9 Å². The topological polar surface area (TPSA) is 121 Å². The summed E-state index contributed by atoms with van der Waals surface area (Å²) in [5.74, 6) is -1.04. The van der Waals surface area contributed by atoms with Crippen LogP contribution in [0.15, 0.2) is 6.07 Å². The Hall–Kier alpha value is -3.24. The number of halogens is 1. The molecule has 206 valence electrons. The number of carbonyl (C=O) groups is 3. The fraction of sp³-hybridized carbons (Fsp3) is 0.654. The van der Waals surface area contributed by atoms with Crippen LogP contribution in [0.2, 0.25) is 0 Å². The lowest BCUT2D eigenvalue weighted by Crippen LogP contribution is -2.44. The van der Waals surface area contributed by atoms with E-state index in [1.165, 1.54) is 6.07 Å². The molecule has 1 aliphatic carbocycles. The molecule has 10 nitrogen and oxygen atoms in total. The molecule has 1 aliphatic heterocycles. The largest absolute Gasteiger partial charge is 0.444 e. The number of hydrogen-bond acceptors (Lipinski definition) is 7. The quantitative estimate of drug-likeness (QED) is 0.414. The Kier molecular flexibility index (Phi) is 8.44. The van der Waals surface area contributed by atoms with Crippen molar-refractivity contribution in [3.63, 3.8) is 0 Å². The summed E-state index contributed by atoms with van der Waals surface area (Å²) in [6.07, 6.45) is 1.42. The zero-order chi connectivity index (χ0) is 27.5. The van der Waals surface area contributed by atoms with E-state index in [2.05, 4.69) is 21.5 Å². The molecule has 3 rings (SSSR count). The molecule has 1 aromatic carbocycles. The number of amides is 3. The molecule has 0 aromatic heterocycles. The fourth-order valence-corrected chi connectivity index (χ4v) is 4.17. The number of hydrazine groups is 1. The lowest BCUT2D eigenvalue weighted by Gasteiger charge is -2.26. The van der Waals surface area contributed by atoms with Crippen LogP contribution in [0.1, 0.15) is 76.7 Å². The number of carbonyl (C=O) groups excluding carboxylic acids is 3. The van der Waals surface area contributed by atoms with Crippen LogP contribution in [0, 0.1) is 18.7 Å². The molecule has 1 saturated carbocycles. The fourth-order valence-electron chi connectivity index (χ4n) is 4.17. The van der Waals surface area contributed by atoms with Crippen LogP contribution in [0.5, 0.6) is 0 Å². The Morgan fingerprint density at radius 3 is 2.22 bits per heavy atom. The van der Waals surface area contributed by atoms with E-state index in [0.717, 1.165) is 19.3 Å². The van der Waals surface area contributed by atoms with Gasteiger partial charge < -0.3 is 25.0 Å². The summed E-state index contributed by atoms with van der Waals surface area (Å²) in [5, 5.41) is 6.15. The first kappa shape index (κ1) is 28.3. The monoisotopic (exact) mass is 521 g/mol. The number of hydrogen-bond donors (Lipinski definition) is 4. The summed E-state index contributed by atoms with van der Waals surface area (Å²) >= 11 is 0. The van der Waals surface area contributed by atoms with Gasteiger partial charge in [-0.25, -0.2) is 19.4 Å². The molecule has 0 spiro atoms. The SMILES string of the molecule is Cc1c(NC2CC2)c(C(=O)NNC(=O)OC(C)(C)C)cc(F)c1N1CCC(CNC(=O)OC(C)(C)C)C1. The minimum absolute atomic E-state index is 0.101. The van der Waals surface area contributed by atoms with E-state index < -0.39 is 35.1 Å². The molecule has 1 saturated heterocycles. The Balaban J connectivity index is 1.72. The lowest BCUT2D eigenvalue weighted by molar-refractivity contribution is 0.0481. The third kappa shape index (κ3) is 8.40. The number of rotatable bonds is 6. The Morgan fingerprint density at radius 1 is 1.00 bits per heavy atom. The molecule has 0 bridgehead atoms. The highest BCUT2D eigenvalue weighted by Gasteiger charge is 2.31. The normalized spacial score (nSPS) is 17.7. The van der Waals surface area contributed by atoms with Gasteiger partial charge in [0.1, 0.15) is 17.0 Å². The van der Waals surface area contributed by atoms with Crippen molar-refractivity contribution in [2.75, 3.05) is 29.9 Å². The number of nitrogens with zero attached hydrogens (tertiary/aromatic N) is 1. The first-order chi connectivity index (χ1) is 17.1. The first-order valence-corrected chi connectivity index (χ1v) is 12.7. The van der Waals surface area contributed by atoms with Crippen molar-refractivity contribution in [2.45, 2.75) is 85.0 Å². The molecule has 37 heavy (non-hydrogen) atoms. The summed E-state index contributed by atoms with van der Waals surface area (Å²) < 4.78 is 25.9. The van der Waals surface area contributed by atoms with Gasteiger partial charge in [-0.2, -0.15) is 0 Å². The third-order valence-corrected chi connectivity index (χ3v) is 5.88. The standard InChI is InChI=1S/C26H40FN5O5/c1-15-20(29-17-8-9-17)18(22(33)30-31-24(35)37-26(5,6)7)12-19(27)21(15)32-11-10-16(14-32)13-28-23(34)36-25(2,3)4/h12,16-17,29H,8-11,13-14H2,1-7H3,(H,28,34)(H,30,33)(H,31,35). The highest BCUT2D eigenvalue weighted by atomic mass is 19.1. The number of alkyl carbamates (subject to hydrolysis) is 1. The minimum atomic E-state index is -0.811. The zero-order valence-corrected chi connectivity index (χ0v) is 22.8. The van der Waals surface area contributed by atoms with Crippen molar-refractivity contribution in [1.82, 2.24) is 16.2 Å². The van der Waals surface area contributed by atoms with Gasteiger partial charge in [-0.3, -0.25) is 10.2 Å². The van der Waals surface area contributed by atoms with Gasteiger partial charge >= 0.3 is 12.2 Å². The van der Waals surface area contributed by atoms with Crippen molar-refractivity contribution >= 4 is 29.5 Å². The molecule has 1 atom stereocenters. The Morgan fingerprint density at radius 2 is 1.62 bits per heavy atom. The van der Waals surface area contributed by atoms with Crippen molar-refractivity contribution in [3.05, 3.63) is 23.0 Å². The maximum atomic E-state index is 15.5. The van der Waals surface area contributed by atoms with Crippen molar-refractivity contribution in [3.8, 4) is 0 Å². The molecule has 1 unspecified atom stereocenters. The summed E-state index contributed by atoms with van der Waals surface area (Å²) in [5.41, 5.74) is 4.92. The van der Waals surface area contributed by atoms with Gasteiger partial charge in [0.15, 0.2) is 0 Å². The zero-order valence-electron chi connectivity index (χ0n) is 22.8. The second kappa shape index (κ2) is 11.0. The van der Waals surface area contributed by atoms with E-state index in [-0.39, 0.29) is 17.5 Å². The maximum Gasteiger partial charge on any atom is 0.426 e. The predicted molar refractivity (Wildman–Crippen MR) is 139 cm³/mol. The highest BCUT2D eigenvalue weighted by molar-refractivity contribution is 6.02. The van der Waals surface area contributed by atoms with Gasteiger partial charge in [0, 0.05) is 25.7 Å². The summed E-state index contributed by atoms with van der Waals surface area (Å²) in [7, 11) is 0. The number of anilines is 2. The van der Waals surface area contributed by atoms with Crippen molar-refractivity contribution in [1.29, 1.82) is 0 Å². The van der Waals surface area contributed by atoms with E-state index in [1.807, 2.05) is 4.90 Å². The van der Waals surface area contributed by atoms with Gasteiger partial charge in [0.2, 0.25) is 0 Å². The molecule has 0 radical (unpaired) electrons. The minimum Gasteiger partial charge on any atom is -0.444 e. The van der Waals surface area contributed by atoms with Gasteiger partial charge in [0.25, 0.3) is 5.91 Å². The van der Waals surface area contributed by atoms with E-state index in [0.29, 0.717) is 36.6 Å². The number of benzene rings is 1. The average Bonchev–Trinajstić information content (AvgIpc) is 3.45. The highest BCUT2D eigenvalue weighted by Crippen LogP contribution is 2.38. The van der Waals surface area contributed by atoms with Crippen LogP contribution in [-0.4, -0.2) is 55.0 Å². The molecular formula is C26H40FN5O5. The predicted octanol–water partition coefficient (Wildman–Crippen LogP) is 4.23. The summed E-state index contributed by atoms with van der Waals surface area (Å²) in [6.45, 7) is 13.9. The van der Waals surface area contributed by atoms with Crippen molar-refractivity contribution in [2.24, 2.45) is 5.92 Å². The molecule has 2 fully saturated rings. The lowest BCUT2D eigenvalue weighted by atomic mass is 10.0.